The highest BCUT2D eigenvalue weighted by Gasteiger charge is 2.13. The largest absolute Gasteiger partial charge is 0.310 e. The van der Waals surface area contributed by atoms with E-state index in [-0.39, 0.29) is 0 Å². The van der Waals surface area contributed by atoms with E-state index >= 15 is 0 Å². The Hall–Kier alpha value is -3.31. The summed E-state index contributed by atoms with van der Waals surface area (Å²) in [5, 5.41) is 8.84. The van der Waals surface area contributed by atoms with Gasteiger partial charge in [0, 0.05) is 17.5 Å². The molecule has 0 aliphatic heterocycles. The number of anilines is 3. The standard InChI is InChI=1S/C21H16N2/c22-17-9-11-18-10-7-8-16-21(18)23(19-12-3-1-4-13-19)20-14-5-2-6-15-20/h1-16H. The number of nitriles is 1. The van der Waals surface area contributed by atoms with Crippen LogP contribution in [0.1, 0.15) is 5.56 Å². The van der Waals surface area contributed by atoms with Gasteiger partial charge in [-0.25, -0.2) is 0 Å². The molecule has 0 spiro atoms. The van der Waals surface area contributed by atoms with Gasteiger partial charge in [-0.1, -0.05) is 54.6 Å². The molecule has 0 saturated heterocycles. The number of hydrogen-bond acceptors (Lipinski definition) is 2. The van der Waals surface area contributed by atoms with Crippen LogP contribution in [0, 0.1) is 11.3 Å². The summed E-state index contributed by atoms with van der Waals surface area (Å²) in [6.07, 6.45) is 3.35. The highest BCUT2D eigenvalue weighted by molar-refractivity contribution is 5.82. The van der Waals surface area contributed by atoms with Crippen molar-refractivity contribution in [2.24, 2.45) is 0 Å². The molecule has 0 aliphatic rings. The van der Waals surface area contributed by atoms with Gasteiger partial charge in [0.2, 0.25) is 0 Å². The molecule has 0 atom stereocenters. The van der Waals surface area contributed by atoms with Crippen LogP contribution in [-0.4, -0.2) is 0 Å². The molecule has 0 heterocycles. The Morgan fingerprint density at radius 2 is 1.22 bits per heavy atom. The van der Waals surface area contributed by atoms with Gasteiger partial charge in [-0.3, -0.25) is 0 Å². The third-order valence-corrected chi connectivity index (χ3v) is 3.54. The molecule has 0 aliphatic carbocycles. The Morgan fingerprint density at radius 3 is 1.78 bits per heavy atom. The van der Waals surface area contributed by atoms with E-state index in [1.807, 2.05) is 60.7 Å². The van der Waals surface area contributed by atoms with Crippen molar-refractivity contribution in [2.45, 2.75) is 0 Å². The summed E-state index contributed by atoms with van der Waals surface area (Å²) in [6, 6.07) is 30.6. The van der Waals surface area contributed by atoms with Gasteiger partial charge in [0.1, 0.15) is 0 Å². The molecule has 0 bridgehead atoms. The molecule has 2 heteroatoms. The van der Waals surface area contributed by atoms with Crippen LogP contribution < -0.4 is 4.90 Å². The molecule has 0 amide bonds. The molecule has 0 fully saturated rings. The maximum Gasteiger partial charge on any atom is 0.0912 e. The molecular weight excluding hydrogens is 280 g/mol. The van der Waals surface area contributed by atoms with Gasteiger partial charge in [-0.05, 0) is 42.0 Å². The van der Waals surface area contributed by atoms with Crippen molar-refractivity contribution < 1.29 is 0 Å². The zero-order valence-electron chi connectivity index (χ0n) is 12.6. The highest BCUT2D eigenvalue weighted by Crippen LogP contribution is 2.36. The van der Waals surface area contributed by atoms with Crippen molar-refractivity contribution in [1.29, 1.82) is 5.26 Å². The molecule has 3 rings (SSSR count). The molecule has 3 aromatic carbocycles. The highest BCUT2D eigenvalue weighted by atomic mass is 15.1. The monoisotopic (exact) mass is 296 g/mol. The summed E-state index contributed by atoms with van der Waals surface area (Å²) in [6.45, 7) is 0. The van der Waals surface area contributed by atoms with Crippen LogP contribution in [0.2, 0.25) is 0 Å². The lowest BCUT2D eigenvalue weighted by Gasteiger charge is -2.26. The van der Waals surface area contributed by atoms with Crippen molar-refractivity contribution in [3.8, 4) is 6.07 Å². The summed E-state index contributed by atoms with van der Waals surface area (Å²) in [4.78, 5) is 2.19. The van der Waals surface area contributed by atoms with E-state index in [9.17, 15) is 0 Å². The van der Waals surface area contributed by atoms with E-state index in [1.54, 1.807) is 0 Å². The fourth-order valence-corrected chi connectivity index (χ4v) is 2.54. The molecule has 3 aromatic rings. The first-order valence-corrected chi connectivity index (χ1v) is 7.45. The lowest BCUT2D eigenvalue weighted by Crippen LogP contribution is -2.10. The van der Waals surface area contributed by atoms with Crippen molar-refractivity contribution in [3.05, 3.63) is 96.6 Å². The van der Waals surface area contributed by atoms with Crippen LogP contribution in [0.4, 0.5) is 17.1 Å². The topological polar surface area (TPSA) is 27.0 Å². The average Bonchev–Trinajstić information content (AvgIpc) is 2.63. The number of nitrogens with zero attached hydrogens (tertiary/aromatic N) is 2. The van der Waals surface area contributed by atoms with Gasteiger partial charge in [-0.15, -0.1) is 0 Å². The Kier molecular flexibility index (Phi) is 4.52. The van der Waals surface area contributed by atoms with Crippen molar-refractivity contribution >= 4 is 23.1 Å². The smallest absolute Gasteiger partial charge is 0.0912 e. The molecule has 0 saturated carbocycles. The van der Waals surface area contributed by atoms with Crippen LogP contribution in [-0.2, 0) is 0 Å². The van der Waals surface area contributed by atoms with E-state index < -0.39 is 0 Å². The normalized spacial score (nSPS) is 10.4. The molecule has 0 radical (unpaired) electrons. The molecule has 0 N–H and O–H groups in total. The summed E-state index contributed by atoms with van der Waals surface area (Å²) in [7, 11) is 0. The fraction of sp³-hybridized carbons (Fsp3) is 0. The number of para-hydroxylation sites is 3. The lowest BCUT2D eigenvalue weighted by molar-refractivity contribution is 1.28. The van der Waals surface area contributed by atoms with Gasteiger partial charge in [0.25, 0.3) is 0 Å². The van der Waals surface area contributed by atoms with Crippen molar-refractivity contribution in [3.63, 3.8) is 0 Å². The van der Waals surface area contributed by atoms with Gasteiger partial charge < -0.3 is 4.90 Å². The quantitative estimate of drug-likeness (QED) is 0.578. The molecule has 0 unspecified atom stereocenters. The number of benzene rings is 3. The Balaban J connectivity index is 2.18. The third-order valence-electron chi connectivity index (χ3n) is 3.54. The Bertz CT molecular complexity index is 791. The lowest BCUT2D eigenvalue weighted by atomic mass is 10.1. The zero-order chi connectivity index (χ0) is 15.9. The SMILES string of the molecule is N#CC=Cc1ccccc1N(c1ccccc1)c1ccccc1. The van der Waals surface area contributed by atoms with E-state index in [0.29, 0.717) is 0 Å². The van der Waals surface area contributed by atoms with E-state index in [1.165, 1.54) is 6.08 Å². The summed E-state index contributed by atoms with van der Waals surface area (Å²) < 4.78 is 0. The minimum atomic E-state index is 1.00. The van der Waals surface area contributed by atoms with Gasteiger partial charge >= 0.3 is 0 Å². The predicted molar refractivity (Wildman–Crippen MR) is 95.8 cm³/mol. The summed E-state index contributed by atoms with van der Waals surface area (Å²) in [5.41, 5.74) is 4.20. The summed E-state index contributed by atoms with van der Waals surface area (Å²) >= 11 is 0. The first-order valence-electron chi connectivity index (χ1n) is 7.45. The fourth-order valence-electron chi connectivity index (χ4n) is 2.54. The molecule has 23 heavy (non-hydrogen) atoms. The number of rotatable bonds is 4. The van der Waals surface area contributed by atoms with Crippen LogP contribution in [0.5, 0.6) is 0 Å². The molecule has 110 valence electrons. The molecular formula is C21H16N2. The predicted octanol–water partition coefficient (Wildman–Crippen LogP) is 5.69. The van der Waals surface area contributed by atoms with Crippen LogP contribution >= 0.6 is 0 Å². The average molecular weight is 296 g/mol. The second-order valence-corrected chi connectivity index (χ2v) is 5.03. The second-order valence-electron chi connectivity index (χ2n) is 5.03. The number of hydrogen-bond donors (Lipinski definition) is 0. The zero-order valence-corrected chi connectivity index (χ0v) is 12.6. The van der Waals surface area contributed by atoms with Crippen LogP contribution in [0.15, 0.2) is 91.0 Å². The van der Waals surface area contributed by atoms with Crippen molar-refractivity contribution in [1.82, 2.24) is 0 Å². The maximum atomic E-state index is 8.84. The first kappa shape index (κ1) is 14.6. The first-order chi connectivity index (χ1) is 11.4. The number of allylic oxidation sites excluding steroid dienone is 1. The minimum Gasteiger partial charge on any atom is -0.310 e. The maximum absolute atomic E-state index is 8.84. The van der Waals surface area contributed by atoms with E-state index in [0.717, 1.165) is 22.6 Å². The Morgan fingerprint density at radius 1 is 0.696 bits per heavy atom. The van der Waals surface area contributed by atoms with Crippen LogP contribution in [0.3, 0.4) is 0 Å². The third kappa shape index (κ3) is 3.30. The van der Waals surface area contributed by atoms with Gasteiger partial charge in [0.05, 0.1) is 11.8 Å². The molecule has 2 nitrogen and oxygen atoms in total. The van der Waals surface area contributed by atoms with E-state index in [2.05, 4.69) is 41.3 Å². The molecule has 0 aromatic heterocycles. The Labute approximate surface area is 136 Å². The van der Waals surface area contributed by atoms with Crippen molar-refractivity contribution in [2.75, 3.05) is 4.90 Å². The van der Waals surface area contributed by atoms with E-state index in [4.69, 9.17) is 5.26 Å². The minimum absolute atomic E-state index is 1.00. The summed E-state index contributed by atoms with van der Waals surface area (Å²) in [5.74, 6) is 0. The van der Waals surface area contributed by atoms with Gasteiger partial charge in [0.15, 0.2) is 0 Å². The van der Waals surface area contributed by atoms with Gasteiger partial charge in [-0.2, -0.15) is 5.26 Å². The van der Waals surface area contributed by atoms with Crippen LogP contribution in [0.25, 0.3) is 6.08 Å². The second kappa shape index (κ2) is 7.11.